The minimum Gasteiger partial charge on any atom is -0.355 e. The number of carbonyl (C=O) groups is 2. The van der Waals surface area contributed by atoms with Crippen LogP contribution >= 0.6 is 0 Å². The maximum atomic E-state index is 13.1. The van der Waals surface area contributed by atoms with Crippen molar-refractivity contribution in [2.75, 3.05) is 32.0 Å². The van der Waals surface area contributed by atoms with Gasteiger partial charge < -0.3 is 10.6 Å². The summed E-state index contributed by atoms with van der Waals surface area (Å²) >= 11 is 0. The van der Waals surface area contributed by atoms with Crippen molar-refractivity contribution in [1.82, 2.24) is 10.2 Å². The minimum atomic E-state index is -0.400. The molecule has 0 radical (unpaired) electrons. The van der Waals surface area contributed by atoms with Gasteiger partial charge in [-0.3, -0.25) is 14.5 Å². The van der Waals surface area contributed by atoms with E-state index < -0.39 is 5.82 Å². The Hall–Kier alpha value is -1.95. The van der Waals surface area contributed by atoms with E-state index in [9.17, 15) is 14.0 Å². The van der Waals surface area contributed by atoms with E-state index in [4.69, 9.17) is 0 Å². The molecule has 0 aliphatic rings. The number of hydrogen-bond donors (Lipinski definition) is 2. The molecule has 0 aliphatic carbocycles. The second kappa shape index (κ2) is 8.36. The highest BCUT2D eigenvalue weighted by Gasteiger charge is 2.11. The summed E-state index contributed by atoms with van der Waals surface area (Å²) in [6.45, 7) is 4.60. The quantitative estimate of drug-likeness (QED) is 0.802. The summed E-state index contributed by atoms with van der Waals surface area (Å²) in [6.07, 6.45) is 0.870. The molecule has 0 spiro atoms. The second-order valence-corrected chi connectivity index (χ2v) is 5.03. The summed E-state index contributed by atoms with van der Waals surface area (Å²) in [5.41, 5.74) is 1.23. The molecule has 0 heterocycles. The number of anilines is 1. The molecule has 0 unspecified atom stereocenters. The largest absolute Gasteiger partial charge is 0.355 e. The van der Waals surface area contributed by atoms with E-state index in [1.165, 1.54) is 12.1 Å². The van der Waals surface area contributed by atoms with Gasteiger partial charge in [0.25, 0.3) is 0 Å². The number of benzene rings is 1. The van der Waals surface area contributed by atoms with Gasteiger partial charge in [-0.2, -0.15) is 0 Å². The van der Waals surface area contributed by atoms with Crippen LogP contribution in [0.5, 0.6) is 0 Å². The molecule has 0 bridgehead atoms. The summed E-state index contributed by atoms with van der Waals surface area (Å²) in [7, 11) is 1.68. The van der Waals surface area contributed by atoms with E-state index in [0.717, 1.165) is 12.0 Å². The van der Waals surface area contributed by atoms with Crippen molar-refractivity contribution in [3.8, 4) is 0 Å². The van der Waals surface area contributed by atoms with E-state index in [1.807, 2.05) is 6.92 Å². The molecule has 2 N–H and O–H groups in total. The van der Waals surface area contributed by atoms with Crippen LogP contribution in [0.1, 0.15) is 18.9 Å². The first-order valence-corrected chi connectivity index (χ1v) is 6.93. The number of likely N-dealkylation sites (N-methyl/N-ethyl adjacent to an activating group) is 1. The molecular formula is C15H22FN3O2. The number of amides is 2. The van der Waals surface area contributed by atoms with Crippen LogP contribution in [0.25, 0.3) is 0 Å². The first kappa shape index (κ1) is 17.1. The molecule has 0 atom stereocenters. The molecule has 21 heavy (non-hydrogen) atoms. The Morgan fingerprint density at radius 2 is 1.90 bits per heavy atom. The zero-order valence-corrected chi connectivity index (χ0v) is 12.7. The lowest BCUT2D eigenvalue weighted by molar-refractivity contribution is -0.122. The Labute approximate surface area is 124 Å². The molecule has 0 aliphatic heterocycles. The maximum absolute atomic E-state index is 13.1. The van der Waals surface area contributed by atoms with Gasteiger partial charge in [0.05, 0.1) is 13.1 Å². The third kappa shape index (κ3) is 6.35. The third-order valence-electron chi connectivity index (χ3n) is 2.87. The molecule has 1 rings (SSSR count). The van der Waals surface area contributed by atoms with E-state index in [0.29, 0.717) is 12.2 Å². The van der Waals surface area contributed by atoms with E-state index in [1.54, 1.807) is 24.9 Å². The molecule has 1 aromatic rings. The van der Waals surface area contributed by atoms with Gasteiger partial charge in [0, 0.05) is 12.2 Å². The number of rotatable bonds is 7. The fourth-order valence-electron chi connectivity index (χ4n) is 1.79. The maximum Gasteiger partial charge on any atom is 0.238 e. The zero-order valence-electron chi connectivity index (χ0n) is 12.7. The Balaban J connectivity index is 2.46. The summed E-state index contributed by atoms with van der Waals surface area (Å²) in [5, 5.41) is 5.39. The first-order chi connectivity index (χ1) is 9.92. The molecule has 0 fully saturated rings. The van der Waals surface area contributed by atoms with Crippen LogP contribution in [0.2, 0.25) is 0 Å². The highest BCUT2D eigenvalue weighted by Crippen LogP contribution is 2.15. The third-order valence-corrected chi connectivity index (χ3v) is 2.87. The average Bonchev–Trinajstić information content (AvgIpc) is 2.40. The topological polar surface area (TPSA) is 61.4 Å². The van der Waals surface area contributed by atoms with Gasteiger partial charge in [0.15, 0.2) is 0 Å². The Morgan fingerprint density at radius 3 is 2.57 bits per heavy atom. The summed E-state index contributed by atoms with van der Waals surface area (Å²) in [5.74, 6) is -0.799. The first-order valence-electron chi connectivity index (χ1n) is 6.93. The van der Waals surface area contributed by atoms with Gasteiger partial charge >= 0.3 is 0 Å². The van der Waals surface area contributed by atoms with E-state index in [2.05, 4.69) is 10.6 Å². The van der Waals surface area contributed by atoms with Gasteiger partial charge in [0.1, 0.15) is 5.82 Å². The van der Waals surface area contributed by atoms with Gasteiger partial charge in [-0.05, 0) is 38.1 Å². The lowest BCUT2D eigenvalue weighted by Gasteiger charge is -2.16. The normalized spacial score (nSPS) is 10.5. The number of nitrogens with zero attached hydrogens (tertiary/aromatic N) is 1. The van der Waals surface area contributed by atoms with Gasteiger partial charge in [-0.25, -0.2) is 4.39 Å². The summed E-state index contributed by atoms with van der Waals surface area (Å²) in [6, 6.07) is 4.23. The number of nitrogens with one attached hydrogen (secondary N) is 2. The predicted molar refractivity (Wildman–Crippen MR) is 80.6 cm³/mol. The van der Waals surface area contributed by atoms with Gasteiger partial charge in [-0.15, -0.1) is 0 Å². The molecule has 1 aromatic carbocycles. The molecule has 2 amide bonds. The molecule has 0 saturated heterocycles. The number of aryl methyl sites for hydroxylation is 1. The van der Waals surface area contributed by atoms with Crippen molar-refractivity contribution in [2.24, 2.45) is 0 Å². The SMILES string of the molecule is CCCNC(=O)CN(C)CC(=O)Nc1cc(F)ccc1C. The van der Waals surface area contributed by atoms with Crippen molar-refractivity contribution in [2.45, 2.75) is 20.3 Å². The lowest BCUT2D eigenvalue weighted by Crippen LogP contribution is -2.39. The van der Waals surface area contributed by atoms with Crippen LogP contribution in [0.15, 0.2) is 18.2 Å². The predicted octanol–water partition coefficient (Wildman–Crippen LogP) is 1.53. The molecular weight excluding hydrogens is 273 g/mol. The molecule has 6 heteroatoms. The van der Waals surface area contributed by atoms with Crippen LogP contribution in [0.4, 0.5) is 10.1 Å². The summed E-state index contributed by atoms with van der Waals surface area (Å²) in [4.78, 5) is 25.0. The molecule has 116 valence electrons. The van der Waals surface area contributed by atoms with Crippen LogP contribution in [0.3, 0.4) is 0 Å². The standard InChI is InChI=1S/C15H22FN3O2/c1-4-7-17-14(20)9-19(3)10-15(21)18-13-8-12(16)6-5-11(13)2/h5-6,8H,4,7,9-10H2,1-3H3,(H,17,20)(H,18,21). The molecule has 0 aromatic heterocycles. The highest BCUT2D eigenvalue weighted by atomic mass is 19.1. The number of hydrogen-bond acceptors (Lipinski definition) is 3. The van der Waals surface area contributed by atoms with Crippen LogP contribution in [0, 0.1) is 12.7 Å². The van der Waals surface area contributed by atoms with E-state index >= 15 is 0 Å². The van der Waals surface area contributed by atoms with Crippen LogP contribution < -0.4 is 10.6 Å². The Bertz CT molecular complexity index is 506. The summed E-state index contributed by atoms with van der Waals surface area (Å²) < 4.78 is 13.1. The second-order valence-electron chi connectivity index (χ2n) is 5.03. The monoisotopic (exact) mass is 295 g/mol. The zero-order chi connectivity index (χ0) is 15.8. The highest BCUT2D eigenvalue weighted by molar-refractivity contribution is 5.93. The van der Waals surface area contributed by atoms with Crippen molar-refractivity contribution in [3.63, 3.8) is 0 Å². The van der Waals surface area contributed by atoms with Crippen molar-refractivity contribution >= 4 is 17.5 Å². The van der Waals surface area contributed by atoms with E-state index in [-0.39, 0.29) is 24.9 Å². The fourth-order valence-corrected chi connectivity index (χ4v) is 1.79. The van der Waals surface area contributed by atoms with Crippen molar-refractivity contribution < 1.29 is 14.0 Å². The number of halogens is 1. The van der Waals surface area contributed by atoms with Crippen molar-refractivity contribution in [3.05, 3.63) is 29.6 Å². The smallest absolute Gasteiger partial charge is 0.238 e. The minimum absolute atomic E-state index is 0.0650. The number of carbonyl (C=O) groups excluding carboxylic acids is 2. The van der Waals surface area contributed by atoms with Crippen LogP contribution in [-0.4, -0.2) is 43.4 Å². The van der Waals surface area contributed by atoms with Gasteiger partial charge in [0.2, 0.25) is 11.8 Å². The van der Waals surface area contributed by atoms with Gasteiger partial charge in [-0.1, -0.05) is 13.0 Å². The Morgan fingerprint density at radius 1 is 1.24 bits per heavy atom. The molecule has 5 nitrogen and oxygen atoms in total. The van der Waals surface area contributed by atoms with Crippen LogP contribution in [-0.2, 0) is 9.59 Å². The Kier molecular flexibility index (Phi) is 6.81. The fraction of sp³-hybridized carbons (Fsp3) is 0.467. The molecule has 0 saturated carbocycles. The lowest BCUT2D eigenvalue weighted by atomic mass is 10.2. The average molecular weight is 295 g/mol. The van der Waals surface area contributed by atoms with Crippen molar-refractivity contribution in [1.29, 1.82) is 0 Å².